The SMILES string of the molecule is COc1ccc(C(=O)Nc2cccc(C(=O)NO)c2)cc1. The number of benzene rings is 2. The highest BCUT2D eigenvalue weighted by atomic mass is 16.5. The predicted molar refractivity (Wildman–Crippen MR) is 76.6 cm³/mol. The number of methoxy groups -OCH3 is 1. The minimum atomic E-state index is -0.643. The zero-order chi connectivity index (χ0) is 15.2. The molecule has 2 rings (SSSR count). The summed E-state index contributed by atoms with van der Waals surface area (Å²) in [5.41, 5.74) is 2.70. The molecule has 0 heterocycles. The first-order valence-corrected chi connectivity index (χ1v) is 6.14. The minimum Gasteiger partial charge on any atom is -0.497 e. The van der Waals surface area contributed by atoms with Crippen molar-refractivity contribution in [3.05, 3.63) is 59.7 Å². The molecule has 0 aliphatic rings. The average molecular weight is 286 g/mol. The van der Waals surface area contributed by atoms with Crippen molar-refractivity contribution >= 4 is 17.5 Å². The summed E-state index contributed by atoms with van der Waals surface area (Å²) in [5.74, 6) is -0.289. The number of amides is 2. The van der Waals surface area contributed by atoms with E-state index in [9.17, 15) is 9.59 Å². The van der Waals surface area contributed by atoms with Crippen LogP contribution in [-0.4, -0.2) is 24.1 Å². The number of hydrogen-bond acceptors (Lipinski definition) is 4. The van der Waals surface area contributed by atoms with Crippen LogP contribution in [0.1, 0.15) is 20.7 Å². The van der Waals surface area contributed by atoms with Gasteiger partial charge in [0, 0.05) is 16.8 Å². The van der Waals surface area contributed by atoms with Gasteiger partial charge in [-0.15, -0.1) is 0 Å². The van der Waals surface area contributed by atoms with Gasteiger partial charge in [0.05, 0.1) is 7.11 Å². The quantitative estimate of drug-likeness (QED) is 0.593. The van der Waals surface area contributed by atoms with Crippen molar-refractivity contribution in [3.8, 4) is 5.75 Å². The molecule has 0 aliphatic heterocycles. The van der Waals surface area contributed by atoms with Crippen LogP contribution in [0.2, 0.25) is 0 Å². The lowest BCUT2D eigenvalue weighted by Gasteiger charge is -2.07. The Kier molecular flexibility index (Phi) is 4.53. The van der Waals surface area contributed by atoms with Crippen LogP contribution in [0.5, 0.6) is 5.75 Å². The molecule has 0 aromatic heterocycles. The number of nitrogens with one attached hydrogen (secondary N) is 2. The molecule has 0 saturated carbocycles. The van der Waals surface area contributed by atoms with Crippen molar-refractivity contribution in [1.82, 2.24) is 5.48 Å². The number of anilines is 1. The molecule has 6 nitrogen and oxygen atoms in total. The molecule has 0 spiro atoms. The highest BCUT2D eigenvalue weighted by Gasteiger charge is 2.08. The van der Waals surface area contributed by atoms with Crippen molar-refractivity contribution in [2.24, 2.45) is 0 Å². The van der Waals surface area contributed by atoms with E-state index in [2.05, 4.69) is 5.32 Å². The maximum Gasteiger partial charge on any atom is 0.274 e. The van der Waals surface area contributed by atoms with Crippen molar-refractivity contribution in [2.75, 3.05) is 12.4 Å². The lowest BCUT2D eigenvalue weighted by molar-refractivity contribution is 0.0706. The molecule has 2 amide bonds. The van der Waals surface area contributed by atoms with Crippen molar-refractivity contribution in [3.63, 3.8) is 0 Å². The van der Waals surface area contributed by atoms with Gasteiger partial charge in [-0.2, -0.15) is 0 Å². The summed E-state index contributed by atoms with van der Waals surface area (Å²) >= 11 is 0. The summed E-state index contributed by atoms with van der Waals surface area (Å²) in [6.45, 7) is 0. The summed E-state index contributed by atoms with van der Waals surface area (Å²) in [6.07, 6.45) is 0. The summed E-state index contributed by atoms with van der Waals surface area (Å²) in [6, 6.07) is 12.9. The number of carbonyl (C=O) groups excluding carboxylic acids is 2. The highest BCUT2D eigenvalue weighted by Crippen LogP contribution is 2.15. The minimum absolute atomic E-state index is 0.241. The summed E-state index contributed by atoms with van der Waals surface area (Å²) in [4.78, 5) is 23.4. The molecule has 2 aromatic carbocycles. The molecule has 3 N–H and O–H groups in total. The second kappa shape index (κ2) is 6.53. The molecule has 0 bridgehead atoms. The van der Waals surface area contributed by atoms with Gasteiger partial charge in [0.1, 0.15) is 5.75 Å². The predicted octanol–water partition coefficient (Wildman–Crippen LogP) is 2.07. The lowest BCUT2D eigenvalue weighted by Crippen LogP contribution is -2.19. The zero-order valence-corrected chi connectivity index (χ0v) is 11.3. The van der Waals surface area contributed by atoms with Crippen LogP contribution >= 0.6 is 0 Å². The molecule has 6 heteroatoms. The van der Waals surface area contributed by atoms with Gasteiger partial charge in [-0.05, 0) is 42.5 Å². The van der Waals surface area contributed by atoms with Gasteiger partial charge in [-0.25, -0.2) is 5.48 Å². The number of hydrogen-bond donors (Lipinski definition) is 3. The van der Waals surface area contributed by atoms with Crippen molar-refractivity contribution in [1.29, 1.82) is 0 Å². The fraction of sp³-hybridized carbons (Fsp3) is 0.0667. The Hall–Kier alpha value is -2.86. The van der Waals surface area contributed by atoms with Crippen LogP contribution in [0.4, 0.5) is 5.69 Å². The van der Waals surface area contributed by atoms with Crippen LogP contribution in [0, 0.1) is 0 Å². The highest BCUT2D eigenvalue weighted by molar-refractivity contribution is 6.05. The van der Waals surface area contributed by atoms with E-state index in [1.54, 1.807) is 49.0 Å². The molecular formula is C15H14N2O4. The Morgan fingerprint density at radius 1 is 1.00 bits per heavy atom. The Morgan fingerprint density at radius 3 is 2.33 bits per heavy atom. The van der Waals surface area contributed by atoms with E-state index < -0.39 is 5.91 Å². The van der Waals surface area contributed by atoms with E-state index >= 15 is 0 Å². The monoisotopic (exact) mass is 286 g/mol. The van der Waals surface area contributed by atoms with Crippen molar-refractivity contribution < 1.29 is 19.5 Å². The second-order valence-corrected chi connectivity index (χ2v) is 4.20. The van der Waals surface area contributed by atoms with Gasteiger partial charge in [0.25, 0.3) is 11.8 Å². The number of rotatable bonds is 4. The molecule has 0 fully saturated rings. The van der Waals surface area contributed by atoms with Crippen molar-refractivity contribution in [2.45, 2.75) is 0 Å². The molecule has 0 atom stereocenters. The second-order valence-electron chi connectivity index (χ2n) is 4.20. The van der Waals surface area contributed by atoms with Crippen LogP contribution in [0.25, 0.3) is 0 Å². The van der Waals surface area contributed by atoms with E-state index in [-0.39, 0.29) is 11.5 Å². The first-order valence-electron chi connectivity index (χ1n) is 6.14. The molecule has 0 aliphatic carbocycles. The van der Waals surface area contributed by atoms with Gasteiger partial charge in [-0.1, -0.05) is 6.07 Å². The smallest absolute Gasteiger partial charge is 0.274 e. The Labute approximate surface area is 121 Å². The molecule has 21 heavy (non-hydrogen) atoms. The third-order valence-corrected chi connectivity index (χ3v) is 2.84. The maximum atomic E-state index is 12.1. The molecule has 2 aromatic rings. The van der Waals surface area contributed by atoms with Crippen LogP contribution in [0.3, 0.4) is 0 Å². The number of carbonyl (C=O) groups is 2. The van der Waals surface area contributed by atoms with Gasteiger partial charge < -0.3 is 10.1 Å². The summed E-state index contributed by atoms with van der Waals surface area (Å²) in [5, 5.41) is 11.3. The normalized spacial score (nSPS) is 9.81. The molecule has 0 saturated heterocycles. The first-order chi connectivity index (χ1) is 10.1. The zero-order valence-electron chi connectivity index (χ0n) is 11.3. The van der Waals surface area contributed by atoms with Gasteiger partial charge in [0.2, 0.25) is 0 Å². The molecular weight excluding hydrogens is 272 g/mol. The third kappa shape index (κ3) is 3.58. The van der Waals surface area contributed by atoms with E-state index in [1.807, 2.05) is 0 Å². The summed E-state index contributed by atoms with van der Waals surface area (Å²) < 4.78 is 5.02. The first kappa shape index (κ1) is 14.5. The number of ether oxygens (including phenoxy) is 1. The Morgan fingerprint density at radius 2 is 1.71 bits per heavy atom. The standard InChI is InChI=1S/C15H14N2O4/c1-21-13-7-5-10(6-8-13)14(18)16-12-4-2-3-11(9-12)15(19)17-20/h2-9,20H,1H3,(H,16,18)(H,17,19). The average Bonchev–Trinajstić information content (AvgIpc) is 2.54. The largest absolute Gasteiger partial charge is 0.497 e. The molecule has 0 radical (unpaired) electrons. The van der Waals surface area contributed by atoms with Crippen LogP contribution in [-0.2, 0) is 0 Å². The Bertz CT molecular complexity index is 653. The van der Waals surface area contributed by atoms with Gasteiger partial charge >= 0.3 is 0 Å². The third-order valence-electron chi connectivity index (χ3n) is 2.84. The van der Waals surface area contributed by atoms with E-state index in [4.69, 9.17) is 9.94 Å². The summed E-state index contributed by atoms with van der Waals surface area (Å²) in [7, 11) is 1.55. The number of hydroxylamine groups is 1. The van der Waals surface area contributed by atoms with E-state index in [1.165, 1.54) is 12.1 Å². The van der Waals surface area contributed by atoms with E-state index in [0.717, 1.165) is 0 Å². The molecule has 0 unspecified atom stereocenters. The van der Waals surface area contributed by atoms with Gasteiger partial charge in [0.15, 0.2) is 0 Å². The maximum absolute atomic E-state index is 12.1. The van der Waals surface area contributed by atoms with Gasteiger partial charge in [-0.3, -0.25) is 14.8 Å². The topological polar surface area (TPSA) is 87.7 Å². The molecule has 108 valence electrons. The van der Waals surface area contributed by atoms with Crippen LogP contribution in [0.15, 0.2) is 48.5 Å². The Balaban J connectivity index is 2.13. The van der Waals surface area contributed by atoms with E-state index in [0.29, 0.717) is 17.0 Å². The van der Waals surface area contributed by atoms with Crippen LogP contribution < -0.4 is 15.5 Å². The fourth-order valence-corrected chi connectivity index (χ4v) is 1.75. The lowest BCUT2D eigenvalue weighted by atomic mass is 10.1. The fourth-order valence-electron chi connectivity index (χ4n) is 1.75.